The molecule has 27 heavy (non-hydrogen) atoms. The van der Waals surface area contributed by atoms with Gasteiger partial charge in [-0.2, -0.15) is 5.26 Å². The van der Waals surface area contributed by atoms with Crippen LogP contribution in [0.15, 0.2) is 58.6 Å². The van der Waals surface area contributed by atoms with E-state index in [1.165, 1.54) is 0 Å². The molecule has 5 nitrogen and oxygen atoms in total. The monoisotopic (exact) mass is 425 g/mol. The molecule has 0 aliphatic carbocycles. The van der Waals surface area contributed by atoms with Crippen molar-refractivity contribution in [1.29, 1.82) is 5.26 Å². The maximum atomic E-state index is 12.8. The number of carbonyl (C=O) groups excluding carboxylic acids is 1. The number of para-hydroxylation sites is 1. The normalized spacial score (nSPS) is 14.6. The zero-order valence-electron chi connectivity index (χ0n) is 15.1. The molecule has 1 saturated heterocycles. The van der Waals surface area contributed by atoms with Gasteiger partial charge >= 0.3 is 0 Å². The lowest BCUT2D eigenvalue weighted by atomic mass is 10.1. The minimum atomic E-state index is -0.243. The van der Waals surface area contributed by atoms with Gasteiger partial charge < -0.3 is 14.5 Å². The van der Waals surface area contributed by atoms with Gasteiger partial charge in [-0.3, -0.25) is 4.79 Å². The zero-order valence-corrected chi connectivity index (χ0v) is 16.6. The topological polar surface area (TPSA) is 56.6 Å². The van der Waals surface area contributed by atoms with Gasteiger partial charge in [-0.1, -0.05) is 34.1 Å². The van der Waals surface area contributed by atoms with E-state index in [1.54, 1.807) is 24.2 Å². The van der Waals surface area contributed by atoms with E-state index >= 15 is 0 Å². The Balaban J connectivity index is 1.73. The van der Waals surface area contributed by atoms with Crippen LogP contribution in [-0.2, 0) is 4.79 Å². The number of rotatable bonds is 4. The summed E-state index contributed by atoms with van der Waals surface area (Å²) in [6.45, 7) is 2.66. The van der Waals surface area contributed by atoms with Gasteiger partial charge in [-0.25, -0.2) is 0 Å². The second-order valence-corrected chi connectivity index (χ2v) is 7.09. The van der Waals surface area contributed by atoms with Crippen molar-refractivity contribution < 1.29 is 9.53 Å². The molecule has 1 heterocycles. The number of carbonyl (C=O) groups is 1. The Morgan fingerprint density at radius 2 is 1.85 bits per heavy atom. The van der Waals surface area contributed by atoms with Crippen molar-refractivity contribution >= 4 is 33.6 Å². The van der Waals surface area contributed by atoms with Crippen LogP contribution in [0.1, 0.15) is 5.56 Å². The fraction of sp³-hybridized carbons (Fsp3) is 0.238. The number of benzene rings is 2. The number of hydrogen-bond acceptors (Lipinski definition) is 4. The molecular formula is C21H20BrN3O2. The quantitative estimate of drug-likeness (QED) is 0.553. The molecule has 138 valence electrons. The molecule has 0 aromatic heterocycles. The summed E-state index contributed by atoms with van der Waals surface area (Å²) in [5, 5.41) is 9.52. The van der Waals surface area contributed by atoms with Crippen molar-refractivity contribution in [1.82, 2.24) is 4.90 Å². The summed E-state index contributed by atoms with van der Waals surface area (Å²) < 4.78 is 6.18. The molecule has 1 amide bonds. The van der Waals surface area contributed by atoms with Crippen LogP contribution >= 0.6 is 15.9 Å². The molecule has 1 aliphatic rings. The highest BCUT2D eigenvalue weighted by Gasteiger charge is 2.24. The predicted octanol–water partition coefficient (Wildman–Crippen LogP) is 3.71. The van der Waals surface area contributed by atoms with Crippen molar-refractivity contribution in [2.24, 2.45) is 0 Å². The van der Waals surface area contributed by atoms with Crippen LogP contribution in [0.5, 0.6) is 5.75 Å². The predicted molar refractivity (Wildman–Crippen MR) is 110 cm³/mol. The molecule has 1 aliphatic heterocycles. The Kier molecular flexibility index (Phi) is 6.15. The smallest absolute Gasteiger partial charge is 0.264 e. The minimum absolute atomic E-state index is 0.111. The van der Waals surface area contributed by atoms with E-state index in [0.717, 1.165) is 23.2 Å². The maximum Gasteiger partial charge on any atom is 0.264 e. The number of hydrogen-bond donors (Lipinski definition) is 0. The van der Waals surface area contributed by atoms with E-state index in [0.29, 0.717) is 24.4 Å². The van der Waals surface area contributed by atoms with Gasteiger partial charge in [-0.15, -0.1) is 0 Å². The summed E-state index contributed by atoms with van der Waals surface area (Å²) in [6.07, 6.45) is 1.59. The second-order valence-electron chi connectivity index (χ2n) is 6.17. The first-order valence-corrected chi connectivity index (χ1v) is 9.46. The zero-order chi connectivity index (χ0) is 19.2. The van der Waals surface area contributed by atoms with Gasteiger partial charge in [0, 0.05) is 41.9 Å². The number of nitriles is 1. The third-order valence-corrected chi connectivity index (χ3v) is 5.02. The third-order valence-electron chi connectivity index (χ3n) is 4.53. The number of ether oxygens (including phenoxy) is 1. The molecule has 0 spiro atoms. The lowest BCUT2D eigenvalue weighted by Gasteiger charge is -2.36. The highest BCUT2D eigenvalue weighted by atomic mass is 79.9. The van der Waals surface area contributed by atoms with Crippen molar-refractivity contribution in [3.05, 3.63) is 64.1 Å². The fourth-order valence-corrected chi connectivity index (χ4v) is 3.47. The number of anilines is 1. The van der Waals surface area contributed by atoms with Gasteiger partial charge in [0.05, 0.1) is 7.11 Å². The molecule has 3 rings (SSSR count). The van der Waals surface area contributed by atoms with Crippen molar-refractivity contribution in [3.8, 4) is 11.8 Å². The molecule has 6 heteroatoms. The molecule has 1 fully saturated rings. The molecule has 0 bridgehead atoms. The van der Waals surface area contributed by atoms with Crippen LogP contribution < -0.4 is 9.64 Å². The van der Waals surface area contributed by atoms with Crippen molar-refractivity contribution in [2.45, 2.75) is 0 Å². The summed E-state index contributed by atoms with van der Waals surface area (Å²) in [5.41, 5.74) is 1.96. The van der Waals surface area contributed by atoms with Crippen molar-refractivity contribution in [2.75, 3.05) is 38.2 Å². The number of halogens is 1. The fourth-order valence-electron chi connectivity index (χ4n) is 3.09. The van der Waals surface area contributed by atoms with Crippen LogP contribution in [0, 0.1) is 11.3 Å². The van der Waals surface area contributed by atoms with E-state index in [9.17, 15) is 10.1 Å². The summed E-state index contributed by atoms with van der Waals surface area (Å²) >= 11 is 3.41. The second kappa shape index (κ2) is 8.74. The molecule has 2 aromatic carbocycles. The SMILES string of the molecule is COc1ccc(Br)cc1/C=C(/C#N)C(=O)N1CCN(c2ccccc2)CC1. The van der Waals surface area contributed by atoms with Gasteiger partial charge in [0.25, 0.3) is 5.91 Å². The summed E-state index contributed by atoms with van der Waals surface area (Å²) in [4.78, 5) is 16.8. The van der Waals surface area contributed by atoms with E-state index in [1.807, 2.05) is 36.4 Å². The Morgan fingerprint density at radius 3 is 2.48 bits per heavy atom. The van der Waals surface area contributed by atoms with E-state index in [2.05, 4.69) is 33.0 Å². The average molecular weight is 426 g/mol. The van der Waals surface area contributed by atoms with Crippen LogP contribution in [-0.4, -0.2) is 44.1 Å². The lowest BCUT2D eigenvalue weighted by molar-refractivity contribution is -0.126. The number of amides is 1. The van der Waals surface area contributed by atoms with Crippen LogP contribution in [0.2, 0.25) is 0 Å². The van der Waals surface area contributed by atoms with E-state index in [-0.39, 0.29) is 11.5 Å². The van der Waals surface area contributed by atoms with Gasteiger partial charge in [0.2, 0.25) is 0 Å². The van der Waals surface area contributed by atoms with Gasteiger partial charge in [0.1, 0.15) is 17.4 Å². The number of nitrogens with zero attached hydrogens (tertiary/aromatic N) is 3. The van der Waals surface area contributed by atoms with Crippen LogP contribution in [0.3, 0.4) is 0 Å². The Bertz CT molecular complexity index is 882. The van der Waals surface area contributed by atoms with Crippen LogP contribution in [0.25, 0.3) is 6.08 Å². The third kappa shape index (κ3) is 4.50. The molecule has 0 atom stereocenters. The average Bonchev–Trinajstić information content (AvgIpc) is 2.72. The maximum absolute atomic E-state index is 12.8. The van der Waals surface area contributed by atoms with E-state index < -0.39 is 0 Å². The first kappa shape index (κ1) is 19.0. The molecule has 0 unspecified atom stereocenters. The number of piperazine rings is 1. The molecule has 0 saturated carbocycles. The highest BCUT2D eigenvalue weighted by Crippen LogP contribution is 2.26. The van der Waals surface area contributed by atoms with Gasteiger partial charge in [-0.05, 0) is 36.4 Å². The molecule has 0 radical (unpaired) electrons. The largest absolute Gasteiger partial charge is 0.496 e. The Labute approximate surface area is 167 Å². The van der Waals surface area contributed by atoms with E-state index in [4.69, 9.17) is 4.74 Å². The highest BCUT2D eigenvalue weighted by molar-refractivity contribution is 9.10. The lowest BCUT2D eigenvalue weighted by Crippen LogP contribution is -2.49. The minimum Gasteiger partial charge on any atom is -0.496 e. The molecular weight excluding hydrogens is 406 g/mol. The first-order valence-electron chi connectivity index (χ1n) is 8.67. The van der Waals surface area contributed by atoms with Crippen LogP contribution in [0.4, 0.5) is 5.69 Å². The standard InChI is InChI=1S/C21H20BrN3O2/c1-27-20-8-7-18(22)14-16(20)13-17(15-23)21(26)25-11-9-24(10-12-25)19-5-3-2-4-6-19/h2-8,13-14H,9-12H2,1H3/b17-13-. The molecule has 0 N–H and O–H groups in total. The number of methoxy groups -OCH3 is 1. The first-order chi connectivity index (χ1) is 13.1. The van der Waals surface area contributed by atoms with Crippen molar-refractivity contribution in [3.63, 3.8) is 0 Å². The Morgan fingerprint density at radius 1 is 1.15 bits per heavy atom. The van der Waals surface area contributed by atoms with Gasteiger partial charge in [0.15, 0.2) is 0 Å². The summed E-state index contributed by atoms with van der Waals surface area (Å²) in [5.74, 6) is 0.375. The molecule has 2 aromatic rings. The summed E-state index contributed by atoms with van der Waals surface area (Å²) in [7, 11) is 1.57. The Hall–Kier alpha value is -2.78. The summed E-state index contributed by atoms with van der Waals surface area (Å²) in [6, 6.07) is 17.7.